The van der Waals surface area contributed by atoms with Gasteiger partial charge in [-0.15, -0.1) is 5.10 Å². The predicted molar refractivity (Wildman–Crippen MR) is 56.7 cm³/mol. The van der Waals surface area contributed by atoms with Crippen molar-refractivity contribution in [3.63, 3.8) is 0 Å². The fraction of sp³-hybridized carbons (Fsp3) is 0.500. The molecule has 2 nitrogen and oxygen atoms in total. The van der Waals surface area contributed by atoms with Crippen molar-refractivity contribution in [2.75, 3.05) is 11.5 Å². The second-order valence-electron chi connectivity index (χ2n) is 2.97. The molecule has 70 valence electrons. The first-order valence-electron chi connectivity index (χ1n) is 4.04. The Morgan fingerprint density at radius 1 is 1.38 bits per heavy atom. The standard InChI is InChI=1S/C8H8Cl2N2S/c9-6-3-7(11-12-8(6)10)5-1-2-13-4-5/h3,5H,1-2,4H2. The summed E-state index contributed by atoms with van der Waals surface area (Å²) in [6.45, 7) is 0. The third-order valence-corrected chi connectivity index (χ3v) is 3.90. The maximum Gasteiger partial charge on any atom is 0.170 e. The van der Waals surface area contributed by atoms with Crippen molar-refractivity contribution in [3.8, 4) is 0 Å². The van der Waals surface area contributed by atoms with Crippen LogP contribution in [0.4, 0.5) is 0 Å². The minimum atomic E-state index is 0.288. The van der Waals surface area contributed by atoms with Crippen molar-refractivity contribution in [2.24, 2.45) is 0 Å². The van der Waals surface area contributed by atoms with E-state index in [1.807, 2.05) is 17.8 Å². The lowest BCUT2D eigenvalue weighted by Gasteiger charge is -2.06. The molecule has 1 aromatic heterocycles. The molecule has 1 unspecified atom stereocenters. The van der Waals surface area contributed by atoms with Crippen LogP contribution in [-0.4, -0.2) is 21.7 Å². The first-order chi connectivity index (χ1) is 6.27. The molecule has 1 aromatic rings. The van der Waals surface area contributed by atoms with Gasteiger partial charge in [0.25, 0.3) is 0 Å². The Labute approximate surface area is 91.0 Å². The quantitative estimate of drug-likeness (QED) is 0.748. The molecule has 0 aromatic carbocycles. The average Bonchev–Trinajstić information content (AvgIpc) is 2.62. The van der Waals surface area contributed by atoms with Crippen LogP contribution < -0.4 is 0 Å². The Hall–Kier alpha value is 0.01000. The molecule has 1 saturated heterocycles. The van der Waals surface area contributed by atoms with Gasteiger partial charge in [0.1, 0.15) is 0 Å². The molecule has 0 bridgehead atoms. The van der Waals surface area contributed by atoms with E-state index in [1.165, 1.54) is 5.75 Å². The summed E-state index contributed by atoms with van der Waals surface area (Å²) in [6, 6.07) is 1.83. The fourth-order valence-corrected chi connectivity index (χ4v) is 2.82. The Morgan fingerprint density at radius 2 is 2.23 bits per heavy atom. The molecule has 0 amide bonds. The largest absolute Gasteiger partial charge is 0.170 e. The number of halogens is 2. The third-order valence-electron chi connectivity index (χ3n) is 2.07. The summed E-state index contributed by atoms with van der Waals surface area (Å²) in [5.74, 6) is 2.83. The van der Waals surface area contributed by atoms with E-state index in [9.17, 15) is 0 Å². The minimum absolute atomic E-state index is 0.288. The highest BCUT2D eigenvalue weighted by atomic mass is 35.5. The van der Waals surface area contributed by atoms with Gasteiger partial charge in [0.15, 0.2) is 5.15 Å². The molecular formula is C8H8Cl2N2S. The van der Waals surface area contributed by atoms with Crippen molar-refractivity contribution < 1.29 is 0 Å². The lowest BCUT2D eigenvalue weighted by molar-refractivity contribution is 0.729. The molecule has 1 aliphatic heterocycles. The Kier molecular flexibility index (Phi) is 2.96. The maximum atomic E-state index is 5.85. The van der Waals surface area contributed by atoms with E-state index in [2.05, 4.69) is 10.2 Å². The lowest BCUT2D eigenvalue weighted by Crippen LogP contribution is -2.01. The number of rotatable bonds is 1. The van der Waals surface area contributed by atoms with Crippen LogP contribution in [0.3, 0.4) is 0 Å². The molecule has 0 aliphatic carbocycles. The summed E-state index contributed by atoms with van der Waals surface area (Å²) in [4.78, 5) is 0. The average molecular weight is 235 g/mol. The van der Waals surface area contributed by atoms with Gasteiger partial charge in [-0.05, 0) is 18.2 Å². The van der Waals surface area contributed by atoms with Gasteiger partial charge in [-0.3, -0.25) is 0 Å². The normalized spacial score (nSPS) is 22.2. The van der Waals surface area contributed by atoms with Crippen LogP contribution in [0.1, 0.15) is 18.0 Å². The number of hydrogen-bond acceptors (Lipinski definition) is 3. The van der Waals surface area contributed by atoms with Crippen LogP contribution in [0.2, 0.25) is 10.2 Å². The van der Waals surface area contributed by atoms with Gasteiger partial charge < -0.3 is 0 Å². The van der Waals surface area contributed by atoms with Gasteiger partial charge >= 0.3 is 0 Å². The van der Waals surface area contributed by atoms with Gasteiger partial charge in [0.05, 0.1) is 10.7 Å². The van der Waals surface area contributed by atoms with E-state index in [1.54, 1.807) is 0 Å². The third kappa shape index (κ3) is 2.09. The summed E-state index contributed by atoms with van der Waals surface area (Å²) in [7, 11) is 0. The minimum Gasteiger partial charge on any atom is -0.161 e. The van der Waals surface area contributed by atoms with Gasteiger partial charge in [0.2, 0.25) is 0 Å². The first-order valence-corrected chi connectivity index (χ1v) is 5.95. The second-order valence-corrected chi connectivity index (χ2v) is 4.88. The highest BCUT2D eigenvalue weighted by molar-refractivity contribution is 7.99. The van der Waals surface area contributed by atoms with Gasteiger partial charge in [0, 0.05) is 11.7 Å². The molecule has 0 N–H and O–H groups in total. The summed E-state index contributed by atoms with van der Waals surface area (Å²) < 4.78 is 0. The zero-order valence-corrected chi connectivity index (χ0v) is 9.16. The number of aromatic nitrogens is 2. The van der Waals surface area contributed by atoms with Crippen molar-refractivity contribution in [3.05, 3.63) is 21.9 Å². The van der Waals surface area contributed by atoms with Crippen LogP contribution in [0.5, 0.6) is 0 Å². The van der Waals surface area contributed by atoms with E-state index >= 15 is 0 Å². The number of nitrogens with zero attached hydrogens (tertiary/aromatic N) is 2. The molecule has 1 atom stereocenters. The van der Waals surface area contributed by atoms with E-state index in [0.29, 0.717) is 10.9 Å². The molecule has 1 aliphatic rings. The van der Waals surface area contributed by atoms with Crippen LogP contribution >= 0.6 is 35.0 Å². The Bertz CT molecular complexity index is 313. The molecule has 2 rings (SSSR count). The highest BCUT2D eigenvalue weighted by Crippen LogP contribution is 2.32. The lowest BCUT2D eigenvalue weighted by atomic mass is 10.1. The number of thioether (sulfide) groups is 1. The van der Waals surface area contributed by atoms with Crippen molar-refractivity contribution in [1.29, 1.82) is 0 Å². The van der Waals surface area contributed by atoms with Gasteiger partial charge in [-0.1, -0.05) is 23.2 Å². The van der Waals surface area contributed by atoms with Crippen LogP contribution in [0.15, 0.2) is 6.07 Å². The zero-order valence-electron chi connectivity index (χ0n) is 6.83. The summed E-state index contributed by atoms with van der Waals surface area (Å²) in [5.41, 5.74) is 0.972. The summed E-state index contributed by atoms with van der Waals surface area (Å²) >= 11 is 13.5. The first kappa shape index (κ1) is 9.56. The summed E-state index contributed by atoms with van der Waals surface area (Å²) in [5, 5.41) is 8.63. The molecular weight excluding hydrogens is 227 g/mol. The molecule has 13 heavy (non-hydrogen) atoms. The highest BCUT2D eigenvalue weighted by Gasteiger charge is 2.19. The van der Waals surface area contributed by atoms with Crippen LogP contribution in [0.25, 0.3) is 0 Å². The van der Waals surface area contributed by atoms with Crippen molar-refractivity contribution in [1.82, 2.24) is 10.2 Å². The van der Waals surface area contributed by atoms with E-state index in [0.717, 1.165) is 17.9 Å². The number of hydrogen-bond donors (Lipinski definition) is 0. The topological polar surface area (TPSA) is 25.8 Å². The van der Waals surface area contributed by atoms with E-state index in [-0.39, 0.29) is 5.15 Å². The SMILES string of the molecule is Clc1cc(C2CCSC2)nnc1Cl. The second kappa shape index (κ2) is 4.03. The van der Waals surface area contributed by atoms with E-state index < -0.39 is 0 Å². The maximum absolute atomic E-state index is 5.85. The molecule has 0 radical (unpaired) electrons. The molecule has 0 saturated carbocycles. The van der Waals surface area contributed by atoms with Crippen molar-refractivity contribution in [2.45, 2.75) is 12.3 Å². The van der Waals surface area contributed by atoms with Crippen LogP contribution in [-0.2, 0) is 0 Å². The molecule has 2 heterocycles. The smallest absolute Gasteiger partial charge is 0.161 e. The monoisotopic (exact) mass is 234 g/mol. The molecule has 1 fully saturated rings. The van der Waals surface area contributed by atoms with Gasteiger partial charge in [-0.25, -0.2) is 0 Å². The summed E-state index contributed by atoms with van der Waals surface area (Å²) in [6.07, 6.45) is 1.16. The van der Waals surface area contributed by atoms with E-state index in [4.69, 9.17) is 23.2 Å². The van der Waals surface area contributed by atoms with Crippen molar-refractivity contribution >= 4 is 35.0 Å². The predicted octanol–water partition coefficient (Wildman–Crippen LogP) is 3.00. The molecule has 5 heteroatoms. The fourth-order valence-electron chi connectivity index (χ4n) is 1.33. The molecule has 0 spiro atoms. The Balaban J connectivity index is 2.25. The zero-order chi connectivity index (χ0) is 9.26. The Morgan fingerprint density at radius 3 is 2.85 bits per heavy atom. The van der Waals surface area contributed by atoms with Gasteiger partial charge in [-0.2, -0.15) is 16.9 Å². The van der Waals surface area contributed by atoms with Crippen LogP contribution in [0, 0.1) is 0 Å².